The Morgan fingerprint density at radius 3 is 2.64 bits per heavy atom. The number of aliphatic imine (C=N–C) groups is 1. The van der Waals surface area contributed by atoms with Gasteiger partial charge in [-0.1, -0.05) is 6.07 Å². The van der Waals surface area contributed by atoms with E-state index < -0.39 is 0 Å². The first kappa shape index (κ1) is 19.7. The van der Waals surface area contributed by atoms with E-state index in [9.17, 15) is 4.79 Å². The predicted molar refractivity (Wildman–Crippen MR) is 109 cm³/mol. The summed E-state index contributed by atoms with van der Waals surface area (Å²) in [6.45, 7) is 4.35. The van der Waals surface area contributed by atoms with Crippen molar-refractivity contribution >= 4 is 17.7 Å². The normalized spacial score (nSPS) is 14.8. The molecule has 1 aliphatic rings. The molecule has 1 aliphatic heterocycles. The van der Waals surface area contributed by atoms with Gasteiger partial charge in [-0.25, -0.2) is 4.98 Å². The quantitative estimate of drug-likeness (QED) is 0.550. The number of hydrogen-bond acceptors (Lipinski definition) is 5. The first-order chi connectivity index (χ1) is 13.8. The highest BCUT2D eigenvalue weighted by atomic mass is 16.3. The molecule has 0 spiro atoms. The third-order valence-electron chi connectivity index (χ3n) is 4.70. The minimum absolute atomic E-state index is 0.166. The fourth-order valence-electron chi connectivity index (χ4n) is 3.15. The van der Waals surface area contributed by atoms with E-state index >= 15 is 0 Å². The molecule has 2 aromatic heterocycles. The first-order valence-corrected chi connectivity index (χ1v) is 9.67. The van der Waals surface area contributed by atoms with Crippen LogP contribution in [-0.2, 0) is 11.2 Å². The lowest BCUT2D eigenvalue weighted by Crippen LogP contribution is -2.49. The van der Waals surface area contributed by atoms with Crippen molar-refractivity contribution in [2.45, 2.75) is 12.8 Å². The molecule has 150 valence electrons. The Morgan fingerprint density at radius 1 is 1.14 bits per heavy atom. The number of furan rings is 1. The van der Waals surface area contributed by atoms with Gasteiger partial charge in [0.05, 0.1) is 6.26 Å². The molecule has 0 atom stereocenters. The zero-order valence-electron chi connectivity index (χ0n) is 16.3. The lowest BCUT2D eigenvalue weighted by atomic mass is 10.2. The Bertz CT molecular complexity index is 739. The van der Waals surface area contributed by atoms with Crippen LogP contribution < -0.4 is 15.5 Å². The molecule has 1 fully saturated rings. The van der Waals surface area contributed by atoms with Gasteiger partial charge in [-0.15, -0.1) is 0 Å². The van der Waals surface area contributed by atoms with Gasteiger partial charge in [0.15, 0.2) is 5.96 Å². The van der Waals surface area contributed by atoms with E-state index in [1.807, 2.05) is 35.2 Å². The van der Waals surface area contributed by atoms with Crippen LogP contribution >= 0.6 is 0 Å². The maximum Gasteiger partial charge on any atom is 0.224 e. The minimum Gasteiger partial charge on any atom is -0.469 e. The number of nitrogens with zero attached hydrogens (tertiary/aromatic N) is 4. The van der Waals surface area contributed by atoms with Crippen molar-refractivity contribution in [2.24, 2.45) is 4.99 Å². The van der Waals surface area contributed by atoms with Crippen molar-refractivity contribution in [1.82, 2.24) is 20.5 Å². The molecule has 3 heterocycles. The van der Waals surface area contributed by atoms with E-state index in [4.69, 9.17) is 4.42 Å². The number of aromatic nitrogens is 1. The average molecular weight is 384 g/mol. The largest absolute Gasteiger partial charge is 0.469 e. The number of amides is 1. The molecule has 1 amide bonds. The SMILES string of the molecule is CN=C(NCCC(=O)N1CCN(c2ccccn2)CC1)NCCc1ccco1. The third kappa shape index (κ3) is 5.73. The number of anilines is 1. The zero-order chi connectivity index (χ0) is 19.6. The maximum atomic E-state index is 12.5. The number of pyridine rings is 1. The van der Waals surface area contributed by atoms with E-state index in [1.165, 1.54) is 0 Å². The molecule has 0 radical (unpaired) electrons. The molecule has 0 saturated carbocycles. The number of nitrogens with one attached hydrogen (secondary N) is 2. The highest BCUT2D eigenvalue weighted by Gasteiger charge is 2.21. The summed E-state index contributed by atoms with van der Waals surface area (Å²) in [5.41, 5.74) is 0. The van der Waals surface area contributed by atoms with Crippen LogP contribution in [0.15, 0.2) is 52.2 Å². The van der Waals surface area contributed by atoms with E-state index in [0.29, 0.717) is 18.9 Å². The molecule has 2 aromatic rings. The van der Waals surface area contributed by atoms with Crippen molar-refractivity contribution in [3.63, 3.8) is 0 Å². The molecule has 0 unspecified atom stereocenters. The van der Waals surface area contributed by atoms with E-state index in [0.717, 1.165) is 50.7 Å². The molecule has 0 aromatic carbocycles. The summed E-state index contributed by atoms with van der Waals surface area (Å²) in [6.07, 6.45) is 4.70. The Balaban J connectivity index is 1.32. The summed E-state index contributed by atoms with van der Waals surface area (Å²) in [5, 5.41) is 6.42. The Kier molecular flexibility index (Phi) is 7.29. The van der Waals surface area contributed by atoms with Crippen LogP contribution in [0.4, 0.5) is 5.82 Å². The molecule has 0 aliphatic carbocycles. The molecule has 8 heteroatoms. The van der Waals surface area contributed by atoms with Crippen LogP contribution in [-0.4, -0.2) is 68.1 Å². The van der Waals surface area contributed by atoms with Crippen molar-refractivity contribution in [1.29, 1.82) is 0 Å². The predicted octanol–water partition coefficient (Wildman–Crippen LogP) is 1.12. The lowest BCUT2D eigenvalue weighted by molar-refractivity contribution is -0.131. The first-order valence-electron chi connectivity index (χ1n) is 9.67. The number of hydrogen-bond donors (Lipinski definition) is 2. The van der Waals surface area contributed by atoms with Gasteiger partial charge < -0.3 is 24.9 Å². The number of rotatable bonds is 7. The summed E-state index contributed by atoms with van der Waals surface area (Å²) in [4.78, 5) is 25.2. The fraction of sp³-hybridized carbons (Fsp3) is 0.450. The molecule has 2 N–H and O–H groups in total. The van der Waals surface area contributed by atoms with Crippen molar-refractivity contribution < 1.29 is 9.21 Å². The Morgan fingerprint density at radius 2 is 1.96 bits per heavy atom. The van der Waals surface area contributed by atoms with Gasteiger partial charge >= 0.3 is 0 Å². The average Bonchev–Trinajstić information content (AvgIpc) is 3.27. The summed E-state index contributed by atoms with van der Waals surface area (Å²) in [5.74, 6) is 2.77. The lowest BCUT2D eigenvalue weighted by Gasteiger charge is -2.35. The van der Waals surface area contributed by atoms with Crippen LogP contribution in [0.5, 0.6) is 0 Å². The smallest absolute Gasteiger partial charge is 0.224 e. The molecule has 0 bridgehead atoms. The van der Waals surface area contributed by atoms with Crippen LogP contribution in [0.1, 0.15) is 12.2 Å². The highest BCUT2D eigenvalue weighted by Crippen LogP contribution is 2.12. The highest BCUT2D eigenvalue weighted by molar-refractivity contribution is 5.81. The topological polar surface area (TPSA) is 86.0 Å². The van der Waals surface area contributed by atoms with E-state index in [2.05, 4.69) is 25.5 Å². The second kappa shape index (κ2) is 10.3. The third-order valence-corrected chi connectivity index (χ3v) is 4.70. The van der Waals surface area contributed by atoms with Gasteiger partial charge in [0.2, 0.25) is 5.91 Å². The molecular formula is C20H28N6O2. The van der Waals surface area contributed by atoms with Crippen molar-refractivity contribution in [3.05, 3.63) is 48.6 Å². The van der Waals surface area contributed by atoms with Crippen LogP contribution in [0.25, 0.3) is 0 Å². The summed E-state index contributed by atoms with van der Waals surface area (Å²) >= 11 is 0. The van der Waals surface area contributed by atoms with Crippen molar-refractivity contribution in [3.8, 4) is 0 Å². The van der Waals surface area contributed by atoms with Crippen LogP contribution in [0, 0.1) is 0 Å². The molecular weight excluding hydrogens is 356 g/mol. The summed E-state index contributed by atoms with van der Waals surface area (Å²) < 4.78 is 5.31. The maximum absolute atomic E-state index is 12.5. The monoisotopic (exact) mass is 384 g/mol. The van der Waals surface area contributed by atoms with E-state index in [-0.39, 0.29) is 5.91 Å². The van der Waals surface area contributed by atoms with Gasteiger partial charge in [0, 0.05) is 65.4 Å². The molecule has 3 rings (SSSR count). The number of carbonyl (C=O) groups is 1. The molecule has 1 saturated heterocycles. The second-order valence-corrected chi connectivity index (χ2v) is 6.56. The summed E-state index contributed by atoms with van der Waals surface area (Å²) in [6, 6.07) is 9.73. The van der Waals surface area contributed by atoms with Gasteiger partial charge in [0.1, 0.15) is 11.6 Å². The van der Waals surface area contributed by atoms with Gasteiger partial charge in [0.25, 0.3) is 0 Å². The van der Waals surface area contributed by atoms with Crippen molar-refractivity contribution in [2.75, 3.05) is 51.2 Å². The fourth-order valence-corrected chi connectivity index (χ4v) is 3.15. The minimum atomic E-state index is 0.166. The van der Waals surface area contributed by atoms with Gasteiger partial charge in [-0.05, 0) is 24.3 Å². The molecule has 28 heavy (non-hydrogen) atoms. The van der Waals surface area contributed by atoms with Crippen LogP contribution in [0.2, 0.25) is 0 Å². The molecule has 8 nitrogen and oxygen atoms in total. The number of carbonyl (C=O) groups excluding carboxylic acids is 1. The van der Waals surface area contributed by atoms with Gasteiger partial charge in [-0.3, -0.25) is 9.79 Å². The number of piperazine rings is 1. The standard InChI is InChI=1S/C20H28N6O2/c1-21-20(23-10-7-17-5-4-16-28-17)24-11-8-19(27)26-14-12-25(13-15-26)18-6-2-3-9-22-18/h2-6,9,16H,7-8,10-15H2,1H3,(H2,21,23,24). The second-order valence-electron chi connectivity index (χ2n) is 6.56. The zero-order valence-corrected chi connectivity index (χ0v) is 16.3. The summed E-state index contributed by atoms with van der Waals surface area (Å²) in [7, 11) is 1.72. The Hall–Kier alpha value is -3.03. The van der Waals surface area contributed by atoms with E-state index in [1.54, 1.807) is 19.5 Å². The van der Waals surface area contributed by atoms with Crippen LogP contribution in [0.3, 0.4) is 0 Å². The Labute approximate surface area is 165 Å². The number of guanidine groups is 1. The van der Waals surface area contributed by atoms with Gasteiger partial charge in [-0.2, -0.15) is 0 Å².